The first kappa shape index (κ1) is 10.0. The van der Waals surface area contributed by atoms with Crippen molar-refractivity contribution in [3.8, 4) is 10.6 Å². The van der Waals surface area contributed by atoms with Crippen molar-refractivity contribution in [2.75, 3.05) is 0 Å². The van der Waals surface area contributed by atoms with Crippen LogP contribution in [0, 0.1) is 16.9 Å². The van der Waals surface area contributed by atoms with Crippen molar-refractivity contribution in [1.29, 1.82) is 0 Å². The smallest absolute Gasteiger partial charge is 0.137 e. The molecule has 0 fully saturated rings. The van der Waals surface area contributed by atoms with Crippen LogP contribution >= 0.6 is 33.9 Å². The van der Waals surface area contributed by atoms with Crippen LogP contribution in [0.5, 0.6) is 0 Å². The molecule has 2 rings (SSSR count). The molecule has 72 valence electrons. The number of hydrogen-bond acceptors (Lipinski definition) is 3. The van der Waals surface area contributed by atoms with Gasteiger partial charge in [0.1, 0.15) is 5.01 Å². The fourth-order valence-electron chi connectivity index (χ4n) is 1.42. The second-order valence-electron chi connectivity index (χ2n) is 3.24. The number of hydrogen-bond donors (Lipinski definition) is 0. The molecule has 0 bridgehead atoms. The lowest BCUT2D eigenvalue weighted by Gasteiger charge is -2.00. The highest BCUT2D eigenvalue weighted by molar-refractivity contribution is 14.1. The van der Waals surface area contributed by atoms with Crippen LogP contribution in [0.3, 0.4) is 0 Å². The van der Waals surface area contributed by atoms with E-state index in [0.717, 1.165) is 8.02 Å². The first-order chi connectivity index (χ1) is 6.65. The Kier molecular flexibility index (Phi) is 2.83. The summed E-state index contributed by atoms with van der Waals surface area (Å²) in [6, 6.07) is 6.45. The minimum Gasteiger partial charge on any atom is -0.137 e. The molecule has 2 aromatic rings. The predicted octanol–water partition coefficient (Wildman–Crippen LogP) is 3.43. The van der Waals surface area contributed by atoms with Gasteiger partial charge in [-0.15, -0.1) is 10.2 Å². The summed E-state index contributed by atoms with van der Waals surface area (Å²) >= 11 is 3.81. The molecule has 1 aromatic heterocycles. The number of rotatable bonds is 1. The van der Waals surface area contributed by atoms with Gasteiger partial charge >= 0.3 is 0 Å². The first-order valence-corrected chi connectivity index (χ1v) is 6.12. The van der Waals surface area contributed by atoms with Crippen LogP contribution in [0.2, 0.25) is 0 Å². The van der Waals surface area contributed by atoms with E-state index < -0.39 is 0 Å². The van der Waals surface area contributed by atoms with Crippen LogP contribution in [0.25, 0.3) is 10.6 Å². The Hall–Kier alpha value is -0.490. The van der Waals surface area contributed by atoms with Gasteiger partial charge in [0, 0.05) is 5.56 Å². The van der Waals surface area contributed by atoms with Crippen LogP contribution in [0.1, 0.15) is 11.1 Å². The number of aryl methyl sites for hydroxylation is 2. The standard InChI is InChI=1S/C10H9IN2S/c1-6-3-7(2)5-8(4-6)9-12-13-10(11)14-9/h3-5H,1-2H3. The van der Waals surface area contributed by atoms with E-state index in [4.69, 9.17) is 0 Å². The van der Waals surface area contributed by atoms with Crippen molar-refractivity contribution >= 4 is 33.9 Å². The van der Waals surface area contributed by atoms with Gasteiger partial charge in [-0.25, -0.2) is 0 Å². The van der Waals surface area contributed by atoms with Gasteiger partial charge < -0.3 is 0 Å². The van der Waals surface area contributed by atoms with E-state index >= 15 is 0 Å². The van der Waals surface area contributed by atoms with E-state index in [1.54, 1.807) is 11.3 Å². The van der Waals surface area contributed by atoms with Crippen LogP contribution < -0.4 is 0 Å². The number of halogens is 1. The zero-order valence-electron chi connectivity index (χ0n) is 7.91. The molecule has 0 aliphatic rings. The van der Waals surface area contributed by atoms with E-state index in [1.165, 1.54) is 16.7 Å². The summed E-state index contributed by atoms with van der Waals surface area (Å²) in [5.41, 5.74) is 3.71. The summed E-state index contributed by atoms with van der Waals surface area (Å²) in [7, 11) is 0. The lowest BCUT2D eigenvalue weighted by molar-refractivity contribution is 1.07. The summed E-state index contributed by atoms with van der Waals surface area (Å²) in [5, 5.41) is 9.14. The first-order valence-electron chi connectivity index (χ1n) is 4.23. The van der Waals surface area contributed by atoms with E-state index in [9.17, 15) is 0 Å². The molecule has 4 heteroatoms. The molecular weight excluding hydrogens is 307 g/mol. The maximum absolute atomic E-state index is 4.13. The Labute approximate surface area is 101 Å². The lowest BCUT2D eigenvalue weighted by atomic mass is 10.1. The summed E-state index contributed by atoms with van der Waals surface area (Å²) in [5.74, 6) is 0. The topological polar surface area (TPSA) is 25.8 Å². The Morgan fingerprint density at radius 1 is 1.07 bits per heavy atom. The maximum atomic E-state index is 4.13. The Bertz CT molecular complexity index is 445. The van der Waals surface area contributed by atoms with Gasteiger partial charge in [-0.2, -0.15) is 0 Å². The molecule has 0 saturated heterocycles. The molecule has 0 saturated carbocycles. The third kappa shape index (κ3) is 2.12. The number of aromatic nitrogens is 2. The molecular formula is C10H9IN2S. The van der Waals surface area contributed by atoms with Crippen molar-refractivity contribution in [1.82, 2.24) is 10.2 Å². The number of nitrogens with zero attached hydrogens (tertiary/aromatic N) is 2. The van der Waals surface area contributed by atoms with Crippen LogP contribution in [0.15, 0.2) is 18.2 Å². The average molecular weight is 316 g/mol. The number of benzene rings is 1. The van der Waals surface area contributed by atoms with Crippen molar-refractivity contribution < 1.29 is 0 Å². The van der Waals surface area contributed by atoms with Crippen molar-refractivity contribution in [3.05, 3.63) is 32.3 Å². The normalized spacial score (nSPS) is 10.5. The van der Waals surface area contributed by atoms with Gasteiger partial charge in [-0.05, 0) is 48.6 Å². The zero-order chi connectivity index (χ0) is 10.1. The molecule has 0 atom stereocenters. The molecule has 0 spiro atoms. The minimum absolute atomic E-state index is 0.983. The lowest BCUT2D eigenvalue weighted by Crippen LogP contribution is -1.81. The molecule has 0 radical (unpaired) electrons. The van der Waals surface area contributed by atoms with Gasteiger partial charge in [0.05, 0.1) is 0 Å². The Morgan fingerprint density at radius 2 is 1.71 bits per heavy atom. The molecule has 0 amide bonds. The van der Waals surface area contributed by atoms with Crippen LogP contribution in [0.4, 0.5) is 0 Å². The summed E-state index contributed by atoms with van der Waals surface area (Å²) in [6.45, 7) is 4.20. The van der Waals surface area contributed by atoms with E-state index in [-0.39, 0.29) is 0 Å². The second-order valence-corrected chi connectivity index (χ2v) is 5.97. The highest BCUT2D eigenvalue weighted by Crippen LogP contribution is 2.25. The van der Waals surface area contributed by atoms with Gasteiger partial charge in [0.2, 0.25) is 0 Å². The molecule has 1 heterocycles. The fourth-order valence-corrected chi connectivity index (χ4v) is 2.71. The van der Waals surface area contributed by atoms with Crippen LogP contribution in [-0.2, 0) is 0 Å². The van der Waals surface area contributed by atoms with Gasteiger partial charge in [0.15, 0.2) is 3.01 Å². The SMILES string of the molecule is Cc1cc(C)cc(-c2nnc(I)s2)c1. The molecule has 0 unspecified atom stereocenters. The van der Waals surface area contributed by atoms with Crippen molar-refractivity contribution in [3.63, 3.8) is 0 Å². The quantitative estimate of drug-likeness (QED) is 0.753. The summed E-state index contributed by atoms with van der Waals surface area (Å²) in [6.07, 6.45) is 0. The summed E-state index contributed by atoms with van der Waals surface area (Å²) < 4.78 is 0.983. The predicted molar refractivity (Wildman–Crippen MR) is 67.5 cm³/mol. The largest absolute Gasteiger partial charge is 0.178 e. The van der Waals surface area contributed by atoms with Gasteiger partial charge in [0.25, 0.3) is 0 Å². The molecule has 1 aromatic carbocycles. The zero-order valence-corrected chi connectivity index (χ0v) is 10.9. The highest BCUT2D eigenvalue weighted by Gasteiger charge is 2.05. The van der Waals surface area contributed by atoms with Crippen molar-refractivity contribution in [2.24, 2.45) is 0 Å². The molecule has 14 heavy (non-hydrogen) atoms. The maximum Gasteiger partial charge on any atom is 0.178 e. The van der Waals surface area contributed by atoms with Crippen LogP contribution in [-0.4, -0.2) is 10.2 Å². The molecule has 0 N–H and O–H groups in total. The van der Waals surface area contributed by atoms with Gasteiger partial charge in [-0.3, -0.25) is 0 Å². The monoisotopic (exact) mass is 316 g/mol. The minimum atomic E-state index is 0.983. The average Bonchev–Trinajstić information content (AvgIpc) is 2.50. The third-order valence-electron chi connectivity index (χ3n) is 1.87. The second kappa shape index (κ2) is 3.94. The molecule has 2 nitrogen and oxygen atoms in total. The molecule has 0 aliphatic carbocycles. The highest BCUT2D eigenvalue weighted by atomic mass is 127. The third-order valence-corrected chi connectivity index (χ3v) is 3.51. The molecule has 0 aliphatic heterocycles. The van der Waals surface area contributed by atoms with E-state index in [1.807, 2.05) is 0 Å². The van der Waals surface area contributed by atoms with E-state index in [2.05, 4.69) is 64.8 Å². The fraction of sp³-hybridized carbons (Fsp3) is 0.200. The van der Waals surface area contributed by atoms with E-state index in [0.29, 0.717) is 0 Å². The Morgan fingerprint density at radius 3 is 2.21 bits per heavy atom. The Balaban J connectivity index is 2.51. The summed E-state index contributed by atoms with van der Waals surface area (Å²) in [4.78, 5) is 0. The van der Waals surface area contributed by atoms with Crippen molar-refractivity contribution in [2.45, 2.75) is 13.8 Å². The van der Waals surface area contributed by atoms with Gasteiger partial charge in [-0.1, -0.05) is 28.5 Å².